The summed E-state index contributed by atoms with van der Waals surface area (Å²) in [6.45, 7) is 16.1. The molecule has 1 saturated heterocycles. The Bertz CT molecular complexity index is 3610. The second kappa shape index (κ2) is 25.9. The van der Waals surface area contributed by atoms with Crippen LogP contribution in [0, 0.1) is 18.2 Å². The molecule has 7 aromatic rings. The number of alkyl halides is 2. The van der Waals surface area contributed by atoms with Gasteiger partial charge in [0.05, 0.1) is 34.4 Å². The van der Waals surface area contributed by atoms with Crippen LogP contribution in [0.3, 0.4) is 0 Å². The summed E-state index contributed by atoms with van der Waals surface area (Å²) in [5.74, 6) is -6.54. The molecule has 0 spiro atoms. The summed E-state index contributed by atoms with van der Waals surface area (Å²) in [5, 5.41) is 29.1. The highest BCUT2D eigenvalue weighted by molar-refractivity contribution is 7.93. The minimum absolute atomic E-state index is 0.00152. The first-order valence-corrected chi connectivity index (χ1v) is 33.1. The van der Waals surface area contributed by atoms with Crippen LogP contribution < -0.4 is 31.1 Å². The van der Waals surface area contributed by atoms with Gasteiger partial charge in [-0.3, -0.25) is 28.6 Å². The first kappa shape index (κ1) is 62.1. The van der Waals surface area contributed by atoms with Gasteiger partial charge in [-0.2, -0.15) is 19.0 Å². The van der Waals surface area contributed by atoms with E-state index >= 15 is 0 Å². The van der Waals surface area contributed by atoms with Crippen molar-refractivity contribution < 1.29 is 55.3 Å². The minimum Gasteiger partial charge on any atom is -0.484 e. The number of aliphatic hydroxyl groups excluding tert-OH is 1. The first-order chi connectivity index (χ1) is 39.6. The Balaban J connectivity index is 0.971. The topological polar surface area (TPSA) is 267 Å². The van der Waals surface area contributed by atoms with E-state index in [2.05, 4.69) is 45.7 Å². The third-order valence-electron chi connectivity index (χ3n) is 13.9. The highest BCUT2D eigenvalue weighted by Crippen LogP contribution is 2.38. The van der Waals surface area contributed by atoms with Crippen molar-refractivity contribution >= 4 is 70.4 Å². The van der Waals surface area contributed by atoms with Gasteiger partial charge in [0.2, 0.25) is 11.8 Å². The first-order valence-electron chi connectivity index (χ1n) is 26.9. The van der Waals surface area contributed by atoms with E-state index in [4.69, 9.17) is 20.3 Å². The maximum absolute atomic E-state index is 14.4. The fourth-order valence-electron chi connectivity index (χ4n) is 9.27. The van der Waals surface area contributed by atoms with E-state index in [9.17, 15) is 45.9 Å². The summed E-state index contributed by atoms with van der Waals surface area (Å²) < 4.78 is 82.9. The average molecular weight is 1210 g/mol. The highest BCUT2D eigenvalue weighted by Gasteiger charge is 2.44. The molecule has 3 aromatic heterocycles. The number of ether oxygens (including phenoxy) is 2. The number of rotatable bonds is 24. The van der Waals surface area contributed by atoms with Crippen LogP contribution >= 0.6 is 11.3 Å². The molecule has 20 nitrogen and oxygen atoms in total. The lowest BCUT2D eigenvalue weighted by molar-refractivity contribution is -0.142. The molecule has 26 heteroatoms. The summed E-state index contributed by atoms with van der Waals surface area (Å²) in [6.07, 6.45) is -0.0830. The van der Waals surface area contributed by atoms with E-state index in [-0.39, 0.29) is 78.2 Å². The molecule has 0 radical (unpaired) electrons. The molecule has 1 aliphatic heterocycles. The number of sulfonamides is 1. The maximum atomic E-state index is 14.4. The zero-order valence-corrected chi connectivity index (χ0v) is 50.3. The lowest BCUT2D eigenvalue weighted by Crippen LogP contribution is -2.57. The Morgan fingerprint density at radius 2 is 1.61 bits per heavy atom. The van der Waals surface area contributed by atoms with Gasteiger partial charge in [0.1, 0.15) is 53.6 Å². The number of nitrogens with two attached hydrogens (primary N) is 1. The second-order valence-corrected chi connectivity index (χ2v) is 30.9. The number of β-amino-alcohol motifs (C(OH)–C–C–N with tert-alkyl or cyclic N) is 1. The van der Waals surface area contributed by atoms with Gasteiger partial charge in [-0.25, -0.2) is 22.5 Å². The number of aliphatic hydroxyl groups is 1. The Labute approximate surface area is 490 Å². The lowest BCUT2D eigenvalue weighted by Gasteiger charge is -2.35. The highest BCUT2D eigenvalue weighted by atomic mass is 32.2. The van der Waals surface area contributed by atoms with Crippen LogP contribution in [-0.2, 0) is 44.2 Å². The summed E-state index contributed by atoms with van der Waals surface area (Å²) in [5.41, 5.74) is 11.1. The molecule has 1 fully saturated rings. The molecule has 4 atom stereocenters. The van der Waals surface area contributed by atoms with Gasteiger partial charge in [0.15, 0.2) is 5.82 Å². The molecular weight excluding hydrogens is 1140 g/mol. The van der Waals surface area contributed by atoms with Crippen LogP contribution in [0.15, 0.2) is 109 Å². The van der Waals surface area contributed by atoms with Crippen LogP contribution in [0.2, 0.25) is 25.7 Å². The number of halogens is 3. The van der Waals surface area contributed by atoms with E-state index < -0.39 is 83.0 Å². The van der Waals surface area contributed by atoms with E-state index in [1.165, 1.54) is 52.0 Å². The van der Waals surface area contributed by atoms with Gasteiger partial charge in [-0.1, -0.05) is 95.0 Å². The zero-order chi connectivity index (χ0) is 60.8. The van der Waals surface area contributed by atoms with Crippen molar-refractivity contribution in [1.29, 1.82) is 0 Å². The van der Waals surface area contributed by atoms with Crippen molar-refractivity contribution in [2.45, 2.75) is 117 Å². The zero-order valence-electron chi connectivity index (χ0n) is 47.7. The SMILES string of the molecule is Cc1ncsc1-c1ccc(CNC(=O)[C@@H]2C[C@@H](O)CN2C(=O)C(NC(=O)c2ccc(Cn3ccc(Nc4c(C(N)=O)c(-c5ccc(NS(=O)(=O)C(F)F)c(OC(C)c6ccc(F)cc6)c5)nn4COCC[Si](C)(C)C)n3)cc2)C(C)(C)C)cc1. The van der Waals surface area contributed by atoms with E-state index in [0.717, 1.165) is 33.3 Å². The number of nitrogens with zero attached hydrogens (tertiary/aromatic N) is 6. The molecule has 2 unspecified atom stereocenters. The Kier molecular flexibility index (Phi) is 19.2. The van der Waals surface area contributed by atoms with Crippen LogP contribution in [0.1, 0.15) is 83.3 Å². The number of hydrogen-bond donors (Lipinski definition) is 6. The molecule has 4 amide bonds. The summed E-state index contributed by atoms with van der Waals surface area (Å²) in [7, 11) is -6.72. The van der Waals surface area contributed by atoms with Gasteiger partial charge >= 0.3 is 5.76 Å². The molecule has 446 valence electrons. The Morgan fingerprint density at radius 3 is 2.24 bits per heavy atom. The third-order valence-corrected chi connectivity index (χ3v) is 17.6. The normalized spacial score (nSPS) is 15.4. The molecule has 0 aliphatic carbocycles. The second-order valence-electron chi connectivity index (χ2n) is 22.8. The van der Waals surface area contributed by atoms with Gasteiger partial charge in [-0.05, 0) is 84.0 Å². The van der Waals surface area contributed by atoms with Crippen LogP contribution in [0.25, 0.3) is 21.7 Å². The molecule has 4 aromatic carbocycles. The minimum atomic E-state index is -5.18. The number of carbonyl (C=O) groups excluding carboxylic acids is 4. The standard InChI is InChI=1S/C58H68F3N11O9S2Si/c1-34-50(82-32-64-34)39-13-9-36(10-14-39)29-63-55(76)45-28-43(73)31-71(45)56(77)51(58(3,4)5)66-54(75)40-15-11-37(12-16-40)30-70-24-23-47(67-70)65-53-48(52(62)74)49(68-72(53)33-80-25-26-84(6,7)8)41-19-22-44(69-83(78,79)57(60)61)46(27-41)81-35(2)38-17-20-42(59)21-18-38/h9-24,27,32,35,43,45,51,57,69,73H,25-26,28-31,33H2,1-8H3,(H2,62,74)(H,63,76)(H,65,67)(H,66,75)/t35?,43-,45+,51?/m1/s1. The molecule has 0 bridgehead atoms. The number of likely N-dealkylation sites (tertiary alicyclic amines) is 1. The predicted molar refractivity (Wildman–Crippen MR) is 316 cm³/mol. The van der Waals surface area contributed by atoms with Crippen molar-refractivity contribution in [3.63, 3.8) is 0 Å². The fraction of sp³-hybridized carbons (Fsp3) is 0.362. The van der Waals surface area contributed by atoms with Gasteiger partial charge < -0.3 is 41.2 Å². The van der Waals surface area contributed by atoms with Crippen molar-refractivity contribution in [1.82, 2.24) is 40.1 Å². The molecule has 4 heterocycles. The van der Waals surface area contributed by atoms with Crippen molar-refractivity contribution in [3.05, 3.63) is 148 Å². The van der Waals surface area contributed by atoms with Crippen LogP contribution in [0.5, 0.6) is 5.75 Å². The number of benzene rings is 4. The van der Waals surface area contributed by atoms with Crippen molar-refractivity contribution in [3.8, 4) is 27.4 Å². The third kappa shape index (κ3) is 15.4. The number of primary amides is 1. The van der Waals surface area contributed by atoms with Crippen molar-refractivity contribution in [2.75, 3.05) is 23.2 Å². The quantitative estimate of drug-likeness (QED) is 0.0244. The maximum Gasteiger partial charge on any atom is 0.355 e. The smallest absolute Gasteiger partial charge is 0.355 e. The monoisotopic (exact) mass is 1210 g/mol. The van der Waals surface area contributed by atoms with Crippen molar-refractivity contribution in [2.24, 2.45) is 11.1 Å². The van der Waals surface area contributed by atoms with E-state index in [0.29, 0.717) is 12.2 Å². The number of carbonyl (C=O) groups is 4. The average Bonchev–Trinajstić information content (AvgIpc) is 2.33. The van der Waals surface area contributed by atoms with Gasteiger partial charge in [0.25, 0.3) is 21.8 Å². The number of anilines is 3. The van der Waals surface area contributed by atoms with Gasteiger partial charge in [0, 0.05) is 57.6 Å². The molecule has 7 N–H and O–H groups in total. The molecule has 84 heavy (non-hydrogen) atoms. The van der Waals surface area contributed by atoms with E-state index in [1.54, 1.807) is 85.8 Å². The molecular formula is C58H68F3N11O9S2Si. The Hall–Kier alpha value is -7.91. The Morgan fingerprint density at radius 1 is 0.929 bits per heavy atom. The van der Waals surface area contributed by atoms with Crippen LogP contribution in [0.4, 0.5) is 30.5 Å². The molecule has 1 aliphatic rings. The summed E-state index contributed by atoms with van der Waals surface area (Å²) in [6, 6.07) is 24.0. The fourth-order valence-corrected chi connectivity index (χ4v) is 11.4. The number of aryl methyl sites for hydroxylation is 1. The summed E-state index contributed by atoms with van der Waals surface area (Å²) >= 11 is 1.55. The number of nitrogens with one attached hydrogen (secondary N) is 4. The largest absolute Gasteiger partial charge is 0.484 e. The molecule has 8 rings (SSSR count). The predicted octanol–water partition coefficient (Wildman–Crippen LogP) is 9.05. The summed E-state index contributed by atoms with van der Waals surface area (Å²) in [4.78, 5) is 62.1. The molecule has 0 saturated carbocycles. The number of hydrogen-bond acceptors (Lipinski definition) is 14. The van der Waals surface area contributed by atoms with Crippen LogP contribution in [-0.4, -0.2) is 112 Å². The number of thiazole rings is 1. The van der Waals surface area contributed by atoms with Gasteiger partial charge in [-0.15, -0.1) is 11.3 Å². The number of amides is 4. The number of aromatic nitrogens is 5. The lowest BCUT2D eigenvalue weighted by atomic mass is 9.85. The van der Waals surface area contributed by atoms with E-state index in [1.807, 2.05) is 35.9 Å².